The zero-order chi connectivity index (χ0) is 14.5. The molecule has 0 aliphatic heterocycles. The number of aliphatic hydroxyl groups excluding tert-OH is 1. The van der Waals surface area contributed by atoms with Crippen LogP contribution in [0.4, 0.5) is 5.69 Å². The number of nitrogens with one attached hydrogen (secondary N) is 1. The van der Waals surface area contributed by atoms with Gasteiger partial charge in [0.2, 0.25) is 0 Å². The first-order valence-corrected chi connectivity index (χ1v) is 8.41. The largest absolute Gasteiger partial charge is 0.396 e. The summed E-state index contributed by atoms with van der Waals surface area (Å²) in [5.74, 6) is 0. The van der Waals surface area contributed by atoms with E-state index in [1.165, 1.54) is 6.26 Å². The molecule has 0 unspecified atom stereocenters. The number of sulfone groups is 1. The lowest BCUT2D eigenvalue weighted by atomic mass is 9.83. The van der Waals surface area contributed by atoms with Gasteiger partial charge in [-0.25, -0.2) is 8.42 Å². The molecule has 1 rings (SSSR count). The van der Waals surface area contributed by atoms with Crippen molar-refractivity contribution in [2.75, 3.05) is 24.7 Å². The summed E-state index contributed by atoms with van der Waals surface area (Å²) in [6.07, 6.45) is 2.88. The highest BCUT2D eigenvalue weighted by molar-refractivity contribution is 7.90. The van der Waals surface area contributed by atoms with E-state index in [1.807, 2.05) is 13.8 Å². The molecule has 0 aliphatic rings. The molecule has 0 amide bonds. The molecule has 19 heavy (non-hydrogen) atoms. The number of aliphatic hydroxyl groups is 1. The molecule has 1 aromatic rings. The molecular formula is C14H23NO3S. The summed E-state index contributed by atoms with van der Waals surface area (Å²) in [6, 6.07) is 6.86. The van der Waals surface area contributed by atoms with Crippen LogP contribution in [-0.4, -0.2) is 32.9 Å². The lowest BCUT2D eigenvalue weighted by Crippen LogP contribution is -2.32. The molecule has 108 valence electrons. The van der Waals surface area contributed by atoms with Gasteiger partial charge in [-0.2, -0.15) is 0 Å². The van der Waals surface area contributed by atoms with E-state index >= 15 is 0 Å². The van der Waals surface area contributed by atoms with Gasteiger partial charge < -0.3 is 10.4 Å². The first kappa shape index (κ1) is 16.0. The van der Waals surface area contributed by atoms with Crippen LogP contribution < -0.4 is 5.32 Å². The van der Waals surface area contributed by atoms with E-state index in [0.717, 1.165) is 12.8 Å². The number of hydrogen-bond donors (Lipinski definition) is 2. The van der Waals surface area contributed by atoms with E-state index in [4.69, 9.17) is 0 Å². The Morgan fingerprint density at radius 1 is 1.21 bits per heavy atom. The van der Waals surface area contributed by atoms with Crippen molar-refractivity contribution in [2.24, 2.45) is 5.41 Å². The van der Waals surface area contributed by atoms with Gasteiger partial charge in [0, 0.05) is 18.2 Å². The predicted molar refractivity (Wildman–Crippen MR) is 78.1 cm³/mol. The van der Waals surface area contributed by atoms with E-state index in [2.05, 4.69) is 5.32 Å². The first-order chi connectivity index (χ1) is 8.88. The molecule has 5 heteroatoms. The van der Waals surface area contributed by atoms with Crippen molar-refractivity contribution in [3.8, 4) is 0 Å². The van der Waals surface area contributed by atoms with Crippen LogP contribution >= 0.6 is 0 Å². The van der Waals surface area contributed by atoms with Crippen molar-refractivity contribution in [1.82, 2.24) is 0 Å². The van der Waals surface area contributed by atoms with Gasteiger partial charge in [-0.1, -0.05) is 26.0 Å². The van der Waals surface area contributed by atoms with Gasteiger partial charge in [0.05, 0.1) is 17.2 Å². The summed E-state index contributed by atoms with van der Waals surface area (Å²) in [6.45, 7) is 4.71. The number of rotatable bonds is 7. The van der Waals surface area contributed by atoms with Crippen LogP contribution in [0.3, 0.4) is 0 Å². The topological polar surface area (TPSA) is 66.4 Å². The van der Waals surface area contributed by atoms with Gasteiger partial charge in [-0.3, -0.25) is 0 Å². The standard InChI is InChI=1S/C14H23NO3S/c1-4-14(5-2,11-16)10-15-12-8-6-7-9-13(12)19(3,17)18/h6-9,15-16H,4-5,10-11H2,1-3H3. The van der Waals surface area contributed by atoms with Crippen molar-refractivity contribution in [2.45, 2.75) is 31.6 Å². The third kappa shape index (κ3) is 3.94. The number of benzene rings is 1. The molecule has 0 heterocycles. The van der Waals surface area contributed by atoms with Gasteiger partial charge in [-0.05, 0) is 25.0 Å². The summed E-state index contributed by atoms with van der Waals surface area (Å²) in [7, 11) is -3.25. The molecule has 4 nitrogen and oxygen atoms in total. The zero-order valence-corrected chi connectivity index (χ0v) is 12.6. The second kappa shape index (κ2) is 6.39. The molecule has 0 bridgehead atoms. The Balaban J connectivity index is 2.96. The highest BCUT2D eigenvalue weighted by Gasteiger charge is 2.25. The molecule has 0 atom stereocenters. The summed E-state index contributed by atoms with van der Waals surface area (Å²) in [4.78, 5) is 0.300. The average molecular weight is 285 g/mol. The molecule has 0 spiro atoms. The minimum absolute atomic E-state index is 0.0913. The first-order valence-electron chi connectivity index (χ1n) is 6.52. The molecule has 1 aromatic carbocycles. The molecular weight excluding hydrogens is 262 g/mol. The van der Waals surface area contributed by atoms with Crippen molar-refractivity contribution < 1.29 is 13.5 Å². The fraction of sp³-hybridized carbons (Fsp3) is 0.571. The minimum atomic E-state index is -3.25. The Hall–Kier alpha value is -1.07. The monoisotopic (exact) mass is 285 g/mol. The lowest BCUT2D eigenvalue weighted by molar-refractivity contribution is 0.127. The van der Waals surface area contributed by atoms with Crippen LogP contribution in [0.1, 0.15) is 26.7 Å². The van der Waals surface area contributed by atoms with E-state index in [-0.39, 0.29) is 12.0 Å². The fourth-order valence-electron chi connectivity index (χ4n) is 2.00. The average Bonchev–Trinajstić information content (AvgIpc) is 2.40. The summed E-state index contributed by atoms with van der Waals surface area (Å²) < 4.78 is 23.4. The maximum absolute atomic E-state index is 11.7. The molecule has 0 aromatic heterocycles. The Kier molecular flexibility index (Phi) is 5.38. The molecule has 0 aliphatic carbocycles. The molecule has 0 saturated carbocycles. The fourth-order valence-corrected chi connectivity index (χ4v) is 2.86. The Morgan fingerprint density at radius 2 is 1.79 bits per heavy atom. The van der Waals surface area contributed by atoms with Crippen LogP contribution in [0.15, 0.2) is 29.2 Å². The minimum Gasteiger partial charge on any atom is -0.396 e. The van der Waals surface area contributed by atoms with E-state index in [1.54, 1.807) is 24.3 Å². The maximum atomic E-state index is 11.7. The normalized spacial score (nSPS) is 12.4. The number of anilines is 1. The Morgan fingerprint density at radius 3 is 2.26 bits per heavy atom. The zero-order valence-electron chi connectivity index (χ0n) is 11.8. The Labute approximate surface area is 115 Å². The van der Waals surface area contributed by atoms with Gasteiger partial charge >= 0.3 is 0 Å². The van der Waals surface area contributed by atoms with Crippen molar-refractivity contribution in [3.05, 3.63) is 24.3 Å². The van der Waals surface area contributed by atoms with Crippen molar-refractivity contribution >= 4 is 15.5 Å². The smallest absolute Gasteiger partial charge is 0.177 e. The molecule has 0 fully saturated rings. The lowest BCUT2D eigenvalue weighted by Gasteiger charge is -2.30. The van der Waals surface area contributed by atoms with Gasteiger partial charge in [0.15, 0.2) is 9.84 Å². The Bertz CT molecular complexity index is 499. The second-order valence-corrected chi connectivity index (χ2v) is 6.97. The quantitative estimate of drug-likeness (QED) is 0.806. The van der Waals surface area contributed by atoms with Crippen LogP contribution in [0.2, 0.25) is 0 Å². The third-order valence-corrected chi connectivity index (χ3v) is 4.93. The maximum Gasteiger partial charge on any atom is 0.177 e. The molecule has 2 N–H and O–H groups in total. The highest BCUT2D eigenvalue weighted by Crippen LogP contribution is 2.28. The summed E-state index contributed by atoms with van der Waals surface area (Å²) in [5, 5.41) is 12.7. The number of para-hydroxylation sites is 1. The second-order valence-electron chi connectivity index (χ2n) is 4.99. The van der Waals surface area contributed by atoms with Gasteiger partial charge in [0.25, 0.3) is 0 Å². The SMILES string of the molecule is CCC(CC)(CO)CNc1ccccc1S(C)(=O)=O. The number of hydrogen-bond acceptors (Lipinski definition) is 4. The van der Waals surface area contributed by atoms with Gasteiger partial charge in [-0.15, -0.1) is 0 Å². The van der Waals surface area contributed by atoms with Crippen LogP contribution in [0, 0.1) is 5.41 Å². The summed E-state index contributed by atoms with van der Waals surface area (Å²) in [5.41, 5.74) is 0.398. The highest BCUT2D eigenvalue weighted by atomic mass is 32.2. The van der Waals surface area contributed by atoms with Crippen LogP contribution in [-0.2, 0) is 9.84 Å². The van der Waals surface area contributed by atoms with Gasteiger partial charge in [0.1, 0.15) is 0 Å². The summed E-state index contributed by atoms with van der Waals surface area (Å²) >= 11 is 0. The van der Waals surface area contributed by atoms with E-state index < -0.39 is 9.84 Å². The van der Waals surface area contributed by atoms with E-state index in [0.29, 0.717) is 17.1 Å². The third-order valence-electron chi connectivity index (χ3n) is 3.78. The molecule has 0 radical (unpaired) electrons. The van der Waals surface area contributed by atoms with Crippen LogP contribution in [0.5, 0.6) is 0 Å². The van der Waals surface area contributed by atoms with Crippen LogP contribution in [0.25, 0.3) is 0 Å². The predicted octanol–water partition coefficient (Wildman–Crippen LogP) is 2.30. The van der Waals surface area contributed by atoms with Crippen molar-refractivity contribution in [1.29, 1.82) is 0 Å². The van der Waals surface area contributed by atoms with Crippen molar-refractivity contribution in [3.63, 3.8) is 0 Å². The van der Waals surface area contributed by atoms with E-state index in [9.17, 15) is 13.5 Å². The molecule has 0 saturated heterocycles.